The van der Waals surface area contributed by atoms with E-state index in [1.54, 1.807) is 24.3 Å². The molecular formula is C28H36FN11O2. The third-order valence-corrected chi connectivity index (χ3v) is 7.12. The summed E-state index contributed by atoms with van der Waals surface area (Å²) in [6.45, 7) is 2.23. The minimum Gasteiger partial charge on any atom is -0.338 e. The number of nitrogens with two attached hydrogens (primary N) is 4. The van der Waals surface area contributed by atoms with Crippen LogP contribution in [-0.4, -0.2) is 77.0 Å². The van der Waals surface area contributed by atoms with Gasteiger partial charge in [-0.3, -0.25) is 9.59 Å². The van der Waals surface area contributed by atoms with Gasteiger partial charge >= 0.3 is 0 Å². The molecule has 0 radical (unpaired) electrons. The van der Waals surface area contributed by atoms with E-state index in [4.69, 9.17) is 27.9 Å². The smallest absolute Gasteiger partial charge is 0.233 e. The zero-order valence-electron chi connectivity index (χ0n) is 23.1. The summed E-state index contributed by atoms with van der Waals surface area (Å²) in [5, 5.41) is 5.78. The monoisotopic (exact) mass is 577 g/mol. The van der Waals surface area contributed by atoms with E-state index in [1.807, 2.05) is 9.80 Å². The third kappa shape index (κ3) is 7.53. The first-order chi connectivity index (χ1) is 20.1. The number of amides is 1. The van der Waals surface area contributed by atoms with Crippen molar-refractivity contribution in [1.82, 2.24) is 15.0 Å². The largest absolute Gasteiger partial charge is 0.338 e. The highest BCUT2D eigenvalue weighted by molar-refractivity contribution is 6.11. The second-order valence-electron chi connectivity index (χ2n) is 10.9. The zero-order chi connectivity index (χ0) is 29.8. The molecular weight excluding hydrogens is 541 g/mol. The minimum atomic E-state index is -0.492. The van der Waals surface area contributed by atoms with Gasteiger partial charge in [0.15, 0.2) is 5.78 Å². The highest BCUT2D eigenvalue weighted by Gasteiger charge is 2.29. The number of Topliss-reactive ketones (excluding diaryl/α,β-unsaturated/α-hetero) is 1. The van der Waals surface area contributed by atoms with Gasteiger partial charge in [0.05, 0.1) is 6.42 Å². The number of piperidine rings is 2. The summed E-state index contributed by atoms with van der Waals surface area (Å²) in [5.41, 5.74) is 26.3. The molecule has 3 heterocycles. The number of hydrogen-bond donors (Lipinski definition) is 6. The molecule has 0 bridgehead atoms. The molecule has 4 atom stereocenters. The predicted octanol–water partition coefficient (Wildman–Crippen LogP) is 0.695. The first-order valence-corrected chi connectivity index (χ1v) is 13.9. The fourth-order valence-electron chi connectivity index (χ4n) is 5.23. The summed E-state index contributed by atoms with van der Waals surface area (Å²) in [4.78, 5) is 42.9. The minimum absolute atomic E-state index is 0.106. The second-order valence-corrected chi connectivity index (χ2v) is 10.9. The molecule has 14 heteroatoms. The lowest BCUT2D eigenvalue weighted by Gasteiger charge is -2.37. The van der Waals surface area contributed by atoms with Crippen LogP contribution in [0, 0.1) is 5.82 Å². The molecule has 5 rings (SSSR count). The maximum Gasteiger partial charge on any atom is 0.233 e. The Kier molecular flexibility index (Phi) is 8.87. The van der Waals surface area contributed by atoms with Crippen LogP contribution in [0.3, 0.4) is 0 Å². The number of rotatable bonds is 8. The highest BCUT2D eigenvalue weighted by Crippen LogP contribution is 2.24. The van der Waals surface area contributed by atoms with E-state index in [1.165, 1.54) is 24.3 Å². The summed E-state index contributed by atoms with van der Waals surface area (Å²) in [7, 11) is 0. The zero-order valence-corrected chi connectivity index (χ0v) is 23.1. The van der Waals surface area contributed by atoms with Crippen LogP contribution < -0.4 is 43.4 Å². The van der Waals surface area contributed by atoms with E-state index in [9.17, 15) is 14.0 Å². The number of halogens is 1. The van der Waals surface area contributed by atoms with Crippen molar-refractivity contribution < 1.29 is 14.0 Å². The SMILES string of the molecule is N[C@@H]1C[C@H](N)CN(c2nc(Nc3ccc(C(=O)CC(=O)Nc4ccc(F)cc4)cc3)nc(N3C[C@H](N)C[C@H](N)C3)n2)C1. The Balaban J connectivity index is 1.30. The molecule has 1 amide bonds. The van der Waals surface area contributed by atoms with Crippen molar-refractivity contribution in [2.45, 2.75) is 43.4 Å². The molecule has 0 aliphatic carbocycles. The van der Waals surface area contributed by atoms with Gasteiger partial charge in [-0.25, -0.2) is 4.39 Å². The number of aromatic nitrogens is 3. The number of carbonyl (C=O) groups excluding carboxylic acids is 2. The van der Waals surface area contributed by atoms with Crippen LogP contribution in [-0.2, 0) is 4.79 Å². The van der Waals surface area contributed by atoms with Gasteiger partial charge in [-0.15, -0.1) is 0 Å². The molecule has 1 aromatic heterocycles. The first-order valence-electron chi connectivity index (χ1n) is 13.9. The van der Waals surface area contributed by atoms with Gasteiger partial charge in [0.25, 0.3) is 0 Å². The molecule has 0 unspecified atom stereocenters. The van der Waals surface area contributed by atoms with Gasteiger partial charge in [0.2, 0.25) is 23.8 Å². The van der Waals surface area contributed by atoms with E-state index >= 15 is 0 Å². The molecule has 2 aliphatic heterocycles. The van der Waals surface area contributed by atoms with Gasteiger partial charge in [-0.1, -0.05) is 0 Å². The molecule has 0 saturated carbocycles. The second kappa shape index (κ2) is 12.7. The Hall–Kier alpha value is -4.24. The van der Waals surface area contributed by atoms with Crippen LogP contribution in [0.15, 0.2) is 48.5 Å². The molecule has 222 valence electrons. The average molecular weight is 578 g/mol. The van der Waals surface area contributed by atoms with E-state index in [0.717, 1.165) is 0 Å². The lowest BCUT2D eigenvalue weighted by Crippen LogP contribution is -2.54. The normalized spacial score (nSPS) is 22.5. The van der Waals surface area contributed by atoms with Crippen molar-refractivity contribution in [1.29, 1.82) is 0 Å². The molecule has 10 N–H and O–H groups in total. The van der Waals surface area contributed by atoms with Crippen LogP contribution in [0.5, 0.6) is 0 Å². The summed E-state index contributed by atoms with van der Waals surface area (Å²) in [6.07, 6.45) is 1.08. The van der Waals surface area contributed by atoms with Crippen molar-refractivity contribution in [3.63, 3.8) is 0 Å². The van der Waals surface area contributed by atoms with E-state index in [2.05, 4.69) is 20.6 Å². The van der Waals surface area contributed by atoms with Crippen LogP contribution >= 0.6 is 0 Å². The number of hydrogen-bond acceptors (Lipinski definition) is 12. The van der Waals surface area contributed by atoms with Gasteiger partial charge in [-0.05, 0) is 61.4 Å². The van der Waals surface area contributed by atoms with Crippen LogP contribution in [0.2, 0.25) is 0 Å². The number of anilines is 5. The van der Waals surface area contributed by atoms with Gasteiger partial charge < -0.3 is 43.4 Å². The Labute approximate surface area is 242 Å². The molecule has 2 aliphatic rings. The van der Waals surface area contributed by atoms with Crippen molar-refractivity contribution in [3.05, 3.63) is 59.9 Å². The topological polar surface area (TPSA) is 207 Å². The quantitative estimate of drug-likeness (QED) is 0.161. The van der Waals surface area contributed by atoms with Crippen molar-refractivity contribution in [2.24, 2.45) is 22.9 Å². The molecule has 3 aromatic rings. The van der Waals surface area contributed by atoms with E-state index < -0.39 is 11.7 Å². The molecule has 0 spiro atoms. The number of ketones is 1. The number of benzene rings is 2. The van der Waals surface area contributed by atoms with Gasteiger partial charge in [0.1, 0.15) is 5.82 Å². The van der Waals surface area contributed by atoms with Crippen molar-refractivity contribution in [3.8, 4) is 0 Å². The number of nitrogens with one attached hydrogen (secondary N) is 2. The number of nitrogens with zero attached hydrogens (tertiary/aromatic N) is 5. The van der Waals surface area contributed by atoms with Gasteiger partial charge in [0, 0.05) is 67.3 Å². The fraction of sp³-hybridized carbons (Fsp3) is 0.393. The molecule has 13 nitrogen and oxygen atoms in total. The lowest BCUT2D eigenvalue weighted by atomic mass is 10.0. The summed E-state index contributed by atoms with van der Waals surface area (Å²) in [6, 6.07) is 11.5. The fourth-order valence-corrected chi connectivity index (χ4v) is 5.23. The van der Waals surface area contributed by atoms with E-state index in [-0.39, 0.29) is 36.4 Å². The van der Waals surface area contributed by atoms with E-state index in [0.29, 0.717) is 73.8 Å². The predicted molar refractivity (Wildman–Crippen MR) is 159 cm³/mol. The van der Waals surface area contributed by atoms with Crippen molar-refractivity contribution >= 4 is 40.9 Å². The standard InChI is InChI=1S/C28H36FN11O2/c29-17-3-7-22(8-4-17)34-25(42)11-24(41)16-1-5-23(6-2-16)35-26-36-27(39-12-18(30)9-19(31)13-39)38-28(37-26)40-14-20(32)10-21(33)15-40/h1-8,18-21H,9-15,30-33H2,(H,34,42)(H,35,36,37,38)/t18-,19+,20-,21+. The maximum atomic E-state index is 13.1. The van der Waals surface area contributed by atoms with Gasteiger partial charge in [-0.2, -0.15) is 15.0 Å². The Bertz CT molecular complexity index is 1340. The molecule has 2 aromatic carbocycles. The highest BCUT2D eigenvalue weighted by atomic mass is 19.1. The summed E-state index contributed by atoms with van der Waals surface area (Å²) in [5.74, 6) is -0.0790. The summed E-state index contributed by atoms with van der Waals surface area (Å²) >= 11 is 0. The Morgan fingerprint density at radius 3 is 1.71 bits per heavy atom. The maximum absolute atomic E-state index is 13.1. The van der Waals surface area contributed by atoms with Crippen LogP contribution in [0.4, 0.5) is 33.6 Å². The Morgan fingerprint density at radius 1 is 0.738 bits per heavy atom. The first kappa shape index (κ1) is 29.3. The van der Waals surface area contributed by atoms with Crippen LogP contribution in [0.1, 0.15) is 29.6 Å². The molecule has 2 fully saturated rings. The Morgan fingerprint density at radius 2 is 1.21 bits per heavy atom. The lowest BCUT2D eigenvalue weighted by molar-refractivity contribution is -0.115. The average Bonchev–Trinajstić information content (AvgIpc) is 2.93. The van der Waals surface area contributed by atoms with Crippen molar-refractivity contribution in [2.75, 3.05) is 46.6 Å². The van der Waals surface area contributed by atoms with Crippen LogP contribution in [0.25, 0.3) is 0 Å². The summed E-state index contributed by atoms with van der Waals surface area (Å²) < 4.78 is 13.1. The molecule has 42 heavy (non-hydrogen) atoms. The third-order valence-electron chi connectivity index (χ3n) is 7.12. The molecule has 2 saturated heterocycles. The number of carbonyl (C=O) groups is 2.